The van der Waals surface area contributed by atoms with Crippen LogP contribution in [0.5, 0.6) is 0 Å². The number of nitrogens with zero attached hydrogens (tertiary/aromatic N) is 1. The van der Waals surface area contributed by atoms with Crippen LogP contribution in [0.3, 0.4) is 0 Å². The van der Waals surface area contributed by atoms with E-state index in [4.69, 9.17) is 8.53 Å². The maximum absolute atomic E-state index is 7.98. The molecule has 124 valence electrons. The minimum Gasteiger partial charge on any atom is -0.456 e. The average Bonchev–Trinajstić information content (AvgIpc) is 3.11. The molecule has 0 aliphatic rings. The Balaban J connectivity index is 1.76. The molecule has 0 N–H and O–H groups in total. The van der Waals surface area contributed by atoms with Crippen molar-refractivity contribution in [3.8, 4) is 22.4 Å². The lowest BCUT2D eigenvalue weighted by molar-refractivity contribution is 0.669. The van der Waals surface area contributed by atoms with Crippen LogP contribution in [0.15, 0.2) is 89.5 Å². The minimum atomic E-state index is -2.26. The van der Waals surface area contributed by atoms with Crippen molar-refractivity contribution >= 4 is 21.9 Å². The van der Waals surface area contributed by atoms with Crippen LogP contribution in [0.25, 0.3) is 44.3 Å². The first-order valence-electron chi connectivity index (χ1n) is 9.98. The molecule has 2 heteroatoms. The number of para-hydroxylation sites is 1. The number of hydrogen-bond donors (Lipinski definition) is 0. The van der Waals surface area contributed by atoms with Gasteiger partial charge in [0.15, 0.2) is 0 Å². The molecule has 0 aliphatic carbocycles. The molecule has 2 heterocycles. The van der Waals surface area contributed by atoms with Gasteiger partial charge in [-0.25, -0.2) is 0 Å². The number of furan rings is 1. The van der Waals surface area contributed by atoms with Gasteiger partial charge in [0.25, 0.3) is 0 Å². The summed E-state index contributed by atoms with van der Waals surface area (Å²) in [6.45, 7) is -2.26. The molecule has 0 saturated carbocycles. The Hall–Kier alpha value is -3.39. The predicted octanol–water partition coefficient (Wildman–Crippen LogP) is 6.62. The SMILES string of the molecule is [2H]C([2H])([2H])c1cnc(-c2ccccc2)cc1-c1ccc2oc3ccccc3c2c1. The van der Waals surface area contributed by atoms with E-state index in [0.717, 1.165) is 38.8 Å². The van der Waals surface area contributed by atoms with Crippen molar-refractivity contribution in [3.63, 3.8) is 0 Å². The molecule has 0 unspecified atom stereocenters. The third-order valence-electron chi connectivity index (χ3n) is 4.66. The Morgan fingerprint density at radius 2 is 1.58 bits per heavy atom. The van der Waals surface area contributed by atoms with Gasteiger partial charge < -0.3 is 4.42 Å². The number of fused-ring (bicyclic) bond motifs is 3. The van der Waals surface area contributed by atoms with Crippen molar-refractivity contribution in [2.75, 3.05) is 0 Å². The fraction of sp³-hybridized carbons (Fsp3) is 0.0417. The van der Waals surface area contributed by atoms with Crippen molar-refractivity contribution in [2.45, 2.75) is 6.85 Å². The van der Waals surface area contributed by atoms with Gasteiger partial charge in [-0.1, -0.05) is 54.6 Å². The van der Waals surface area contributed by atoms with Gasteiger partial charge in [-0.3, -0.25) is 4.98 Å². The highest BCUT2D eigenvalue weighted by Crippen LogP contribution is 2.34. The molecular weight excluding hydrogens is 318 g/mol. The van der Waals surface area contributed by atoms with Crippen molar-refractivity contribution < 1.29 is 8.53 Å². The first-order chi connectivity index (χ1) is 14.0. The molecule has 0 saturated heterocycles. The van der Waals surface area contributed by atoms with Crippen molar-refractivity contribution in [3.05, 3.63) is 90.6 Å². The summed E-state index contributed by atoms with van der Waals surface area (Å²) in [6.07, 6.45) is 1.47. The van der Waals surface area contributed by atoms with E-state index in [2.05, 4.69) is 4.98 Å². The topological polar surface area (TPSA) is 26.0 Å². The van der Waals surface area contributed by atoms with Crippen molar-refractivity contribution in [1.29, 1.82) is 0 Å². The second-order valence-electron chi connectivity index (χ2n) is 6.29. The summed E-state index contributed by atoms with van der Waals surface area (Å²) < 4.78 is 29.8. The zero-order chi connectivity index (χ0) is 20.0. The number of rotatable bonds is 2. The molecule has 2 nitrogen and oxygen atoms in total. The highest BCUT2D eigenvalue weighted by atomic mass is 16.3. The molecule has 5 aromatic rings. The predicted molar refractivity (Wildman–Crippen MR) is 107 cm³/mol. The maximum atomic E-state index is 7.98. The summed E-state index contributed by atoms with van der Waals surface area (Å²) in [4.78, 5) is 4.43. The van der Waals surface area contributed by atoms with Crippen LogP contribution in [0.4, 0.5) is 0 Å². The highest BCUT2D eigenvalue weighted by molar-refractivity contribution is 6.06. The molecule has 0 fully saturated rings. The van der Waals surface area contributed by atoms with Gasteiger partial charge in [0.2, 0.25) is 0 Å². The number of pyridine rings is 1. The highest BCUT2D eigenvalue weighted by Gasteiger charge is 2.10. The van der Waals surface area contributed by atoms with Crippen molar-refractivity contribution in [1.82, 2.24) is 4.98 Å². The van der Waals surface area contributed by atoms with Gasteiger partial charge in [-0.2, -0.15) is 0 Å². The van der Waals surface area contributed by atoms with Crippen LogP contribution in [-0.2, 0) is 0 Å². The van der Waals surface area contributed by atoms with Crippen LogP contribution < -0.4 is 0 Å². The van der Waals surface area contributed by atoms with Crippen LogP contribution in [0, 0.1) is 6.85 Å². The summed E-state index contributed by atoms with van der Waals surface area (Å²) in [6, 6.07) is 25.3. The molecule has 0 amide bonds. The third-order valence-corrected chi connectivity index (χ3v) is 4.66. The van der Waals surface area contributed by atoms with E-state index in [1.165, 1.54) is 6.20 Å². The Morgan fingerprint density at radius 3 is 2.46 bits per heavy atom. The average molecular weight is 338 g/mol. The van der Waals surface area contributed by atoms with Gasteiger partial charge >= 0.3 is 0 Å². The van der Waals surface area contributed by atoms with Crippen LogP contribution in [0.2, 0.25) is 0 Å². The van der Waals surface area contributed by atoms with E-state index in [1.54, 1.807) is 0 Å². The monoisotopic (exact) mass is 338 g/mol. The van der Waals surface area contributed by atoms with Gasteiger partial charge in [0.05, 0.1) is 5.69 Å². The first kappa shape index (κ1) is 12.0. The molecule has 0 aliphatic heterocycles. The first-order valence-corrected chi connectivity index (χ1v) is 8.48. The Bertz CT molecular complexity index is 1340. The van der Waals surface area contributed by atoms with E-state index in [0.29, 0.717) is 5.56 Å². The van der Waals surface area contributed by atoms with Gasteiger partial charge in [-0.15, -0.1) is 0 Å². The maximum Gasteiger partial charge on any atom is 0.135 e. The molecule has 0 bridgehead atoms. The van der Waals surface area contributed by atoms with E-state index in [9.17, 15) is 0 Å². The fourth-order valence-corrected chi connectivity index (χ4v) is 3.35. The Labute approximate surface area is 156 Å². The smallest absolute Gasteiger partial charge is 0.135 e. The lowest BCUT2D eigenvalue weighted by atomic mass is 9.98. The number of hydrogen-bond acceptors (Lipinski definition) is 2. The van der Waals surface area contributed by atoms with Gasteiger partial charge in [0.1, 0.15) is 11.2 Å². The Morgan fingerprint density at radius 1 is 0.769 bits per heavy atom. The summed E-state index contributed by atoms with van der Waals surface area (Å²) in [5.41, 5.74) is 5.01. The molecule has 3 aromatic carbocycles. The third kappa shape index (κ3) is 2.39. The van der Waals surface area contributed by atoms with E-state index in [-0.39, 0.29) is 5.56 Å². The fourth-order valence-electron chi connectivity index (χ4n) is 3.35. The van der Waals surface area contributed by atoms with Crippen LogP contribution in [-0.4, -0.2) is 4.98 Å². The number of aromatic nitrogens is 1. The largest absolute Gasteiger partial charge is 0.456 e. The van der Waals surface area contributed by atoms with E-state index >= 15 is 0 Å². The number of aryl methyl sites for hydroxylation is 1. The molecule has 26 heavy (non-hydrogen) atoms. The van der Waals surface area contributed by atoms with Gasteiger partial charge in [-0.05, 0) is 47.8 Å². The quantitative estimate of drug-likeness (QED) is 0.361. The Kier molecular flexibility index (Phi) is 2.71. The summed E-state index contributed by atoms with van der Waals surface area (Å²) >= 11 is 0. The molecule has 5 rings (SSSR count). The lowest BCUT2D eigenvalue weighted by Crippen LogP contribution is -1.89. The second-order valence-corrected chi connectivity index (χ2v) is 6.29. The van der Waals surface area contributed by atoms with E-state index < -0.39 is 6.85 Å². The molecular formula is C24H17NO. The second kappa shape index (κ2) is 5.85. The number of benzene rings is 3. The molecule has 0 atom stereocenters. The van der Waals surface area contributed by atoms with Crippen molar-refractivity contribution in [2.24, 2.45) is 0 Å². The minimum absolute atomic E-state index is 0.240. The zero-order valence-electron chi connectivity index (χ0n) is 16.9. The summed E-state index contributed by atoms with van der Waals surface area (Å²) in [5, 5.41) is 1.98. The molecule has 0 spiro atoms. The normalized spacial score (nSPS) is 13.5. The molecule has 0 radical (unpaired) electrons. The molecule has 2 aromatic heterocycles. The van der Waals surface area contributed by atoms with E-state index in [1.807, 2.05) is 78.9 Å². The lowest BCUT2D eigenvalue weighted by Gasteiger charge is -2.09. The van der Waals surface area contributed by atoms with Crippen LogP contribution >= 0.6 is 0 Å². The van der Waals surface area contributed by atoms with Gasteiger partial charge in [0, 0.05) is 26.6 Å². The zero-order valence-corrected chi connectivity index (χ0v) is 13.9. The standard InChI is InChI=1S/C24H17NO/c1-16-15-25-22(17-7-3-2-4-8-17)14-20(16)18-11-12-24-21(13-18)19-9-5-6-10-23(19)26-24/h2-15H,1H3/i1D3. The summed E-state index contributed by atoms with van der Waals surface area (Å²) in [7, 11) is 0. The summed E-state index contributed by atoms with van der Waals surface area (Å²) in [5.74, 6) is 0. The van der Waals surface area contributed by atoms with Crippen LogP contribution in [0.1, 0.15) is 9.68 Å².